The average molecular weight is 540 g/mol. The van der Waals surface area contributed by atoms with Crippen LogP contribution in [0.1, 0.15) is 77.8 Å². The number of carbonyl (C=O) groups excluding carboxylic acids is 2. The highest BCUT2D eigenvalue weighted by molar-refractivity contribution is 7.17. The van der Waals surface area contributed by atoms with Crippen LogP contribution in [0.4, 0.5) is 5.00 Å². The number of pyridine rings is 1. The van der Waals surface area contributed by atoms with Crippen LogP contribution in [-0.2, 0) is 19.3 Å². The van der Waals surface area contributed by atoms with Crippen molar-refractivity contribution >= 4 is 39.1 Å². The number of anilines is 1. The van der Waals surface area contributed by atoms with Gasteiger partial charge < -0.3 is 11.1 Å². The summed E-state index contributed by atoms with van der Waals surface area (Å²) in [6.45, 7) is 11.2. The van der Waals surface area contributed by atoms with Crippen LogP contribution >= 0.6 is 11.3 Å². The number of rotatable bonds is 6. The Hall–Kier alpha value is -3.51. The van der Waals surface area contributed by atoms with Crippen LogP contribution in [-0.4, -0.2) is 16.8 Å². The molecule has 2 amide bonds. The Labute approximate surface area is 234 Å². The van der Waals surface area contributed by atoms with Gasteiger partial charge in [-0.25, -0.2) is 4.98 Å². The lowest BCUT2D eigenvalue weighted by molar-refractivity contribution is 0.1000. The number of nitrogens with zero attached hydrogens (tertiary/aromatic N) is 1. The van der Waals surface area contributed by atoms with E-state index in [4.69, 9.17) is 10.7 Å². The number of amides is 2. The second-order valence-electron chi connectivity index (χ2n) is 12.2. The van der Waals surface area contributed by atoms with Gasteiger partial charge in [0.15, 0.2) is 0 Å². The number of para-hydroxylation sites is 1. The summed E-state index contributed by atoms with van der Waals surface area (Å²) in [4.78, 5) is 32.4. The first-order valence-electron chi connectivity index (χ1n) is 13.8. The van der Waals surface area contributed by atoms with Crippen molar-refractivity contribution in [2.45, 2.75) is 60.3 Å². The molecule has 39 heavy (non-hydrogen) atoms. The fourth-order valence-corrected chi connectivity index (χ4v) is 6.97. The lowest BCUT2D eigenvalue weighted by Crippen LogP contribution is -2.27. The Morgan fingerprint density at radius 2 is 1.82 bits per heavy atom. The number of nitrogens with two attached hydrogens (primary N) is 1. The number of carbonyl (C=O) groups is 2. The number of benzene rings is 2. The highest BCUT2D eigenvalue weighted by Crippen LogP contribution is 2.44. The Balaban J connectivity index is 1.51. The monoisotopic (exact) mass is 539 g/mol. The predicted octanol–water partition coefficient (Wildman–Crippen LogP) is 7.66. The first-order chi connectivity index (χ1) is 18.5. The van der Waals surface area contributed by atoms with Crippen molar-refractivity contribution in [2.24, 2.45) is 23.0 Å². The van der Waals surface area contributed by atoms with Crippen LogP contribution < -0.4 is 11.1 Å². The van der Waals surface area contributed by atoms with Crippen molar-refractivity contribution in [2.75, 3.05) is 5.32 Å². The maximum atomic E-state index is 13.8. The topological polar surface area (TPSA) is 85.1 Å². The summed E-state index contributed by atoms with van der Waals surface area (Å²) in [5.41, 5.74) is 11.8. The van der Waals surface area contributed by atoms with E-state index in [0.717, 1.165) is 58.3 Å². The lowest BCUT2D eigenvalue weighted by Gasteiger charge is -2.33. The summed E-state index contributed by atoms with van der Waals surface area (Å²) in [5.74, 6) is 0.350. The molecule has 2 heterocycles. The van der Waals surface area contributed by atoms with E-state index < -0.39 is 5.91 Å². The number of primary amides is 1. The van der Waals surface area contributed by atoms with E-state index in [1.54, 1.807) is 0 Å². The molecule has 2 aromatic carbocycles. The third kappa shape index (κ3) is 5.62. The third-order valence-corrected chi connectivity index (χ3v) is 8.99. The van der Waals surface area contributed by atoms with Crippen molar-refractivity contribution < 1.29 is 9.59 Å². The largest absolute Gasteiger partial charge is 0.365 e. The molecule has 202 valence electrons. The van der Waals surface area contributed by atoms with Gasteiger partial charge in [0.25, 0.3) is 11.8 Å². The molecular weight excluding hydrogens is 502 g/mol. The molecule has 0 fully saturated rings. The van der Waals surface area contributed by atoms with Gasteiger partial charge in [0.2, 0.25) is 0 Å². The minimum absolute atomic E-state index is 0.178. The van der Waals surface area contributed by atoms with Crippen LogP contribution in [0, 0.1) is 17.3 Å². The standard InChI is InChI=1S/C33H37N3O2S/c1-19(2)16-20-10-12-21(13-11-20)27-18-25(23-8-6-7-9-26(23)35-27)31(38)36-32-29(30(34)37)24-15-14-22(33(3,4)5)17-28(24)39-32/h6-13,18-19,22H,14-17H2,1-5H3,(H2,34,37)(H,36,38)/t22-/m0/s1. The highest BCUT2D eigenvalue weighted by Gasteiger charge is 2.33. The van der Waals surface area contributed by atoms with Gasteiger partial charge in [0.05, 0.1) is 22.3 Å². The summed E-state index contributed by atoms with van der Waals surface area (Å²) in [6, 6.07) is 17.9. The Morgan fingerprint density at radius 3 is 2.49 bits per heavy atom. The van der Waals surface area contributed by atoms with E-state index in [-0.39, 0.29) is 11.3 Å². The molecule has 0 spiro atoms. The fraction of sp³-hybridized carbons (Fsp3) is 0.364. The molecule has 0 unspecified atom stereocenters. The van der Waals surface area contributed by atoms with Gasteiger partial charge in [0.1, 0.15) is 5.00 Å². The van der Waals surface area contributed by atoms with Crippen molar-refractivity contribution in [1.82, 2.24) is 4.98 Å². The van der Waals surface area contributed by atoms with Crippen molar-refractivity contribution in [3.63, 3.8) is 0 Å². The highest BCUT2D eigenvalue weighted by atomic mass is 32.1. The third-order valence-electron chi connectivity index (χ3n) is 7.82. The minimum Gasteiger partial charge on any atom is -0.365 e. The van der Waals surface area contributed by atoms with E-state index in [9.17, 15) is 9.59 Å². The number of nitrogens with one attached hydrogen (secondary N) is 1. The van der Waals surface area contributed by atoms with E-state index in [0.29, 0.717) is 28.0 Å². The van der Waals surface area contributed by atoms with E-state index in [2.05, 4.69) is 64.2 Å². The molecule has 0 saturated heterocycles. The molecule has 6 heteroatoms. The van der Waals surface area contributed by atoms with Crippen molar-refractivity contribution in [1.29, 1.82) is 0 Å². The van der Waals surface area contributed by atoms with Crippen LogP contribution in [0.25, 0.3) is 22.2 Å². The second kappa shape index (κ2) is 10.6. The molecule has 3 N–H and O–H groups in total. The van der Waals surface area contributed by atoms with Crippen molar-refractivity contribution in [3.8, 4) is 11.3 Å². The van der Waals surface area contributed by atoms with Crippen LogP contribution in [0.15, 0.2) is 54.6 Å². The van der Waals surface area contributed by atoms with Gasteiger partial charge >= 0.3 is 0 Å². The first-order valence-corrected chi connectivity index (χ1v) is 14.6. The molecule has 0 saturated carbocycles. The van der Waals surface area contributed by atoms with Gasteiger partial charge in [0, 0.05) is 15.8 Å². The molecule has 5 rings (SSSR count). The molecule has 1 aliphatic rings. The van der Waals surface area contributed by atoms with E-state index in [1.807, 2.05) is 30.3 Å². The Morgan fingerprint density at radius 1 is 1.10 bits per heavy atom. The zero-order valence-corrected chi connectivity index (χ0v) is 24.2. The van der Waals surface area contributed by atoms with Gasteiger partial charge in [-0.2, -0.15) is 0 Å². The summed E-state index contributed by atoms with van der Waals surface area (Å²) < 4.78 is 0. The number of thiophene rings is 1. The number of aromatic nitrogens is 1. The van der Waals surface area contributed by atoms with Crippen LogP contribution in [0.3, 0.4) is 0 Å². The summed E-state index contributed by atoms with van der Waals surface area (Å²) in [7, 11) is 0. The summed E-state index contributed by atoms with van der Waals surface area (Å²) in [5, 5.41) is 4.39. The Kier molecular flexibility index (Phi) is 7.34. The Bertz CT molecular complexity index is 1540. The minimum atomic E-state index is -0.487. The fourth-order valence-electron chi connectivity index (χ4n) is 5.64. The number of hydrogen-bond donors (Lipinski definition) is 2. The molecule has 0 bridgehead atoms. The summed E-state index contributed by atoms with van der Waals surface area (Å²) in [6.07, 6.45) is 3.73. The SMILES string of the molecule is CC(C)Cc1ccc(-c2cc(C(=O)Nc3sc4c(c3C(N)=O)CC[C@H](C(C)(C)C)C4)c3ccccc3n2)cc1. The molecular formula is C33H37N3O2S. The normalized spacial score (nSPS) is 15.4. The van der Waals surface area contributed by atoms with Gasteiger partial charge in [-0.1, -0.05) is 77.1 Å². The van der Waals surface area contributed by atoms with Gasteiger partial charge in [-0.15, -0.1) is 11.3 Å². The van der Waals surface area contributed by atoms with Crippen LogP contribution in [0.2, 0.25) is 0 Å². The van der Waals surface area contributed by atoms with Gasteiger partial charge in [-0.05, 0) is 66.2 Å². The molecule has 0 radical (unpaired) electrons. The first kappa shape index (κ1) is 27.1. The molecule has 0 aliphatic heterocycles. The smallest absolute Gasteiger partial charge is 0.257 e. The van der Waals surface area contributed by atoms with Crippen molar-refractivity contribution in [3.05, 3.63) is 81.7 Å². The quantitative estimate of drug-likeness (QED) is 0.264. The molecule has 4 aromatic rings. The molecule has 1 atom stereocenters. The van der Waals surface area contributed by atoms with Gasteiger partial charge in [-0.3, -0.25) is 9.59 Å². The zero-order valence-electron chi connectivity index (χ0n) is 23.4. The van der Waals surface area contributed by atoms with E-state index >= 15 is 0 Å². The second-order valence-corrected chi connectivity index (χ2v) is 13.3. The predicted molar refractivity (Wildman–Crippen MR) is 161 cm³/mol. The number of hydrogen-bond acceptors (Lipinski definition) is 4. The molecule has 5 nitrogen and oxygen atoms in total. The average Bonchev–Trinajstić information content (AvgIpc) is 3.25. The molecule has 1 aliphatic carbocycles. The lowest BCUT2D eigenvalue weighted by atomic mass is 9.72. The molecule has 2 aromatic heterocycles. The number of fused-ring (bicyclic) bond motifs is 2. The van der Waals surface area contributed by atoms with E-state index in [1.165, 1.54) is 16.9 Å². The van der Waals surface area contributed by atoms with Crippen LogP contribution in [0.5, 0.6) is 0 Å². The maximum absolute atomic E-state index is 13.8. The zero-order chi connectivity index (χ0) is 27.9. The summed E-state index contributed by atoms with van der Waals surface area (Å²) >= 11 is 1.50. The maximum Gasteiger partial charge on any atom is 0.257 e.